The van der Waals surface area contributed by atoms with E-state index >= 15 is 0 Å². The Morgan fingerprint density at radius 3 is 2.20 bits per heavy atom. The number of nitrogens with two attached hydrogens (primary N) is 1. The van der Waals surface area contributed by atoms with Gasteiger partial charge in [-0.3, -0.25) is 43.3 Å². The van der Waals surface area contributed by atoms with E-state index in [1.807, 2.05) is 31.2 Å². The third-order valence-corrected chi connectivity index (χ3v) is 7.79. The number of amides is 8. The second-order valence-corrected chi connectivity index (χ2v) is 11.6. The quantitative estimate of drug-likeness (QED) is 0.0762. The average molecular weight is 685 g/mol. The summed E-state index contributed by atoms with van der Waals surface area (Å²) < 4.78 is 0. The minimum atomic E-state index is -1.23. The van der Waals surface area contributed by atoms with Crippen LogP contribution in [0.25, 0.3) is 10.9 Å². The number of unbranched alkanes of at least 4 members (excludes halogenated alkanes) is 1. The van der Waals surface area contributed by atoms with Gasteiger partial charge in [0.15, 0.2) is 0 Å². The van der Waals surface area contributed by atoms with Crippen molar-refractivity contribution < 1.29 is 38.4 Å². The molecule has 1 heterocycles. The molecule has 4 atom stereocenters. The number of benzene rings is 1. The number of carbonyl (C=O) groups is 8. The molecule has 16 nitrogen and oxygen atoms in total. The van der Waals surface area contributed by atoms with E-state index in [-0.39, 0.29) is 38.8 Å². The van der Waals surface area contributed by atoms with Crippen LogP contribution in [0.15, 0.2) is 30.5 Å². The molecule has 1 aromatic carbocycles. The normalized spacial score (nSPS) is 13.2. The van der Waals surface area contributed by atoms with E-state index in [1.54, 1.807) is 13.1 Å². The molecule has 0 saturated carbocycles. The highest BCUT2D eigenvalue weighted by atomic mass is 16.2. The number of aromatic amines is 1. The highest BCUT2D eigenvalue weighted by Gasteiger charge is 2.30. The molecule has 2 aromatic rings. The van der Waals surface area contributed by atoms with Crippen LogP contribution in [0.4, 0.5) is 0 Å². The van der Waals surface area contributed by atoms with Gasteiger partial charge in [0.1, 0.15) is 24.2 Å². The zero-order chi connectivity index (χ0) is 36.3. The largest absolute Gasteiger partial charge is 0.368 e. The minimum Gasteiger partial charge on any atom is -0.368 e. The van der Waals surface area contributed by atoms with Crippen LogP contribution in [0, 0.1) is 0 Å². The lowest BCUT2D eigenvalue weighted by Crippen LogP contribution is -2.54. The number of aromatic nitrogens is 1. The maximum absolute atomic E-state index is 13.2. The SMILES string of the molecule is CCCC[C@H](NC(C)=O)C(=O)NC(CCC(=O)NCCC(NC=O)C(=O)N[C@@H](Cc1c[nH]c2ccccc12)C(N)=O)C(=O)N(C=O)CCC. The van der Waals surface area contributed by atoms with Gasteiger partial charge in [0, 0.05) is 50.0 Å². The van der Waals surface area contributed by atoms with Crippen molar-refractivity contribution in [2.75, 3.05) is 13.1 Å². The maximum atomic E-state index is 13.2. The number of H-pyrrole nitrogens is 1. The summed E-state index contributed by atoms with van der Waals surface area (Å²) in [6, 6.07) is 3.12. The van der Waals surface area contributed by atoms with Crippen LogP contribution in [-0.4, -0.2) is 95.4 Å². The lowest BCUT2D eigenvalue weighted by atomic mass is 10.0. The first-order valence-electron chi connectivity index (χ1n) is 16.4. The lowest BCUT2D eigenvalue weighted by Gasteiger charge is -2.25. The van der Waals surface area contributed by atoms with Gasteiger partial charge in [-0.05, 0) is 37.3 Å². The summed E-state index contributed by atoms with van der Waals surface area (Å²) >= 11 is 0. The highest BCUT2D eigenvalue weighted by molar-refractivity contribution is 5.95. The van der Waals surface area contributed by atoms with Crippen LogP contribution < -0.4 is 32.3 Å². The zero-order valence-electron chi connectivity index (χ0n) is 28.2. The topological polar surface area (TPSA) is 242 Å². The number of carbonyl (C=O) groups excluding carboxylic acids is 8. The summed E-state index contributed by atoms with van der Waals surface area (Å²) in [5.41, 5.74) is 7.18. The van der Waals surface area contributed by atoms with Crippen molar-refractivity contribution in [3.8, 4) is 0 Å². The molecule has 0 saturated heterocycles. The molecule has 1 aromatic heterocycles. The fraction of sp³-hybridized carbons (Fsp3) is 0.515. The van der Waals surface area contributed by atoms with Crippen LogP contribution in [0.2, 0.25) is 0 Å². The number of nitrogens with zero attached hydrogens (tertiary/aromatic N) is 1. The van der Waals surface area contributed by atoms with E-state index in [0.29, 0.717) is 32.1 Å². The van der Waals surface area contributed by atoms with Crippen molar-refractivity contribution in [2.45, 2.75) is 96.3 Å². The van der Waals surface area contributed by atoms with Crippen molar-refractivity contribution >= 4 is 59.2 Å². The Morgan fingerprint density at radius 1 is 0.878 bits per heavy atom. The lowest BCUT2D eigenvalue weighted by molar-refractivity contribution is -0.142. The van der Waals surface area contributed by atoms with E-state index in [4.69, 9.17) is 5.73 Å². The number of primary amides is 1. The monoisotopic (exact) mass is 684 g/mol. The molecular weight excluding hydrogens is 636 g/mol. The number of hydrogen-bond acceptors (Lipinski definition) is 8. The highest BCUT2D eigenvalue weighted by Crippen LogP contribution is 2.19. The summed E-state index contributed by atoms with van der Waals surface area (Å²) in [4.78, 5) is 103. The molecule has 0 radical (unpaired) electrons. The molecule has 268 valence electrons. The molecular formula is C33H48N8O8. The molecule has 16 heteroatoms. The van der Waals surface area contributed by atoms with E-state index in [2.05, 4.69) is 31.6 Å². The second-order valence-electron chi connectivity index (χ2n) is 11.6. The summed E-state index contributed by atoms with van der Waals surface area (Å²) in [6.07, 6.45) is 4.30. The maximum Gasteiger partial charge on any atom is 0.251 e. The molecule has 0 bridgehead atoms. The molecule has 2 rings (SSSR count). The van der Waals surface area contributed by atoms with Gasteiger partial charge in [0.2, 0.25) is 42.4 Å². The van der Waals surface area contributed by atoms with Gasteiger partial charge in [-0.25, -0.2) is 0 Å². The molecule has 0 aliphatic heterocycles. The third kappa shape index (κ3) is 13.0. The first-order chi connectivity index (χ1) is 23.4. The van der Waals surface area contributed by atoms with Gasteiger partial charge in [0.05, 0.1) is 0 Å². The number of imide groups is 1. The average Bonchev–Trinajstić information content (AvgIpc) is 3.48. The summed E-state index contributed by atoms with van der Waals surface area (Å²) in [7, 11) is 0. The Balaban J connectivity index is 2.02. The Kier molecular flexibility index (Phi) is 17.0. The zero-order valence-corrected chi connectivity index (χ0v) is 28.2. The fourth-order valence-electron chi connectivity index (χ4n) is 5.22. The van der Waals surface area contributed by atoms with Gasteiger partial charge < -0.3 is 37.3 Å². The first kappa shape index (κ1) is 39.9. The summed E-state index contributed by atoms with van der Waals surface area (Å²) in [5, 5.41) is 13.6. The van der Waals surface area contributed by atoms with Gasteiger partial charge in [-0.15, -0.1) is 0 Å². The molecule has 2 unspecified atom stereocenters. The molecule has 0 aliphatic rings. The number of rotatable bonds is 23. The molecule has 49 heavy (non-hydrogen) atoms. The molecule has 0 fully saturated rings. The van der Waals surface area contributed by atoms with Crippen molar-refractivity contribution in [3.05, 3.63) is 36.0 Å². The van der Waals surface area contributed by atoms with Crippen molar-refractivity contribution in [3.63, 3.8) is 0 Å². The van der Waals surface area contributed by atoms with Crippen molar-refractivity contribution in [1.82, 2.24) is 36.5 Å². The summed E-state index contributed by atoms with van der Waals surface area (Å²) in [5.74, 6) is -3.70. The van der Waals surface area contributed by atoms with Gasteiger partial charge >= 0.3 is 0 Å². The fourth-order valence-corrected chi connectivity index (χ4v) is 5.22. The van der Waals surface area contributed by atoms with Crippen molar-refractivity contribution in [1.29, 1.82) is 0 Å². The number of nitrogens with one attached hydrogen (secondary N) is 6. The Labute approximate surface area is 285 Å². The predicted molar refractivity (Wildman–Crippen MR) is 180 cm³/mol. The van der Waals surface area contributed by atoms with Crippen LogP contribution in [0.1, 0.15) is 71.3 Å². The molecule has 8 amide bonds. The Morgan fingerprint density at radius 2 is 1.57 bits per heavy atom. The smallest absolute Gasteiger partial charge is 0.251 e. The van der Waals surface area contributed by atoms with Gasteiger partial charge in [-0.2, -0.15) is 0 Å². The van der Waals surface area contributed by atoms with E-state index in [9.17, 15) is 38.4 Å². The molecule has 0 spiro atoms. The number of hydrogen-bond donors (Lipinski definition) is 7. The molecule has 0 aliphatic carbocycles. The number of fused-ring (bicyclic) bond motifs is 1. The number of para-hydroxylation sites is 1. The van der Waals surface area contributed by atoms with E-state index in [0.717, 1.165) is 27.8 Å². The van der Waals surface area contributed by atoms with Crippen molar-refractivity contribution in [2.24, 2.45) is 5.73 Å². The van der Waals surface area contributed by atoms with Gasteiger partial charge in [0.25, 0.3) is 5.91 Å². The van der Waals surface area contributed by atoms with Crippen LogP contribution >= 0.6 is 0 Å². The first-order valence-corrected chi connectivity index (χ1v) is 16.4. The third-order valence-electron chi connectivity index (χ3n) is 7.79. The minimum absolute atomic E-state index is 0.0424. The van der Waals surface area contributed by atoms with Crippen LogP contribution in [0.5, 0.6) is 0 Å². The molecule has 8 N–H and O–H groups in total. The Hall–Kier alpha value is -5.28. The van der Waals surface area contributed by atoms with Crippen LogP contribution in [0.3, 0.4) is 0 Å². The Bertz CT molecular complexity index is 1460. The second kappa shape index (κ2) is 20.8. The van der Waals surface area contributed by atoms with Gasteiger partial charge in [-0.1, -0.05) is 44.9 Å². The van der Waals surface area contributed by atoms with E-state index in [1.165, 1.54) is 6.92 Å². The summed E-state index contributed by atoms with van der Waals surface area (Å²) in [6.45, 7) is 5.01. The standard InChI is InChI=1S/C33H48N8O8/c1-4-6-10-26(38-21(3)44)32(48)39-27(33(49)41(20-43)16-5-2)12-13-29(45)35-15-14-25(37-19-42)31(47)40-28(30(34)46)17-22-18-36-24-11-8-7-9-23(22)24/h7-9,11,18-20,25-28,36H,4-6,10,12-17H2,1-3H3,(H2,34,46)(H,35,45)(H,37,42)(H,38,44)(H,39,48)(H,40,47)/t25?,26-,27?,28-/m0/s1. The van der Waals surface area contributed by atoms with E-state index < -0.39 is 59.6 Å². The predicted octanol–water partition coefficient (Wildman–Crippen LogP) is -0.344. The van der Waals surface area contributed by atoms with Crippen LogP contribution in [-0.2, 0) is 44.8 Å².